The quantitative estimate of drug-likeness (QED) is 0.758. The fourth-order valence-corrected chi connectivity index (χ4v) is 3.51. The fraction of sp³-hybridized carbons (Fsp3) is 0.412. The highest BCUT2D eigenvalue weighted by Gasteiger charge is 2.30. The van der Waals surface area contributed by atoms with Gasteiger partial charge in [0.2, 0.25) is 0 Å². The zero-order chi connectivity index (χ0) is 18.9. The Balaban J connectivity index is 1.89. The van der Waals surface area contributed by atoms with Gasteiger partial charge in [-0.05, 0) is 38.2 Å². The Labute approximate surface area is 153 Å². The van der Waals surface area contributed by atoms with E-state index in [4.69, 9.17) is 0 Å². The molecule has 1 aromatic carbocycles. The zero-order valence-electron chi connectivity index (χ0n) is 14.5. The van der Waals surface area contributed by atoms with Gasteiger partial charge in [0.25, 0.3) is 0 Å². The second-order valence-electron chi connectivity index (χ2n) is 6.22. The summed E-state index contributed by atoms with van der Waals surface area (Å²) in [6, 6.07) is 4.51. The normalized spacial score (nSPS) is 17.0. The molecular weight excluding hydrogens is 365 g/mol. The first-order valence-corrected chi connectivity index (χ1v) is 8.94. The number of rotatable bonds is 1. The van der Waals surface area contributed by atoms with E-state index >= 15 is 0 Å². The molecule has 0 spiro atoms. The molecule has 140 valence electrons. The summed E-state index contributed by atoms with van der Waals surface area (Å²) in [5.41, 5.74) is -0.173. The number of halogens is 3. The molecule has 3 rings (SSSR count). The van der Waals surface area contributed by atoms with Gasteiger partial charge in [-0.1, -0.05) is 0 Å². The van der Waals surface area contributed by atoms with Crippen molar-refractivity contribution >= 4 is 17.4 Å². The van der Waals surface area contributed by atoms with E-state index in [9.17, 15) is 18.0 Å². The van der Waals surface area contributed by atoms with Gasteiger partial charge in [-0.25, -0.2) is 4.79 Å². The van der Waals surface area contributed by atoms with Crippen LogP contribution in [-0.4, -0.2) is 53.6 Å². The second-order valence-corrected chi connectivity index (χ2v) is 7.44. The number of piperazine rings is 1. The van der Waals surface area contributed by atoms with Crippen LogP contribution in [0.3, 0.4) is 0 Å². The third-order valence-corrected chi connectivity index (χ3v) is 5.11. The molecule has 2 heterocycles. The van der Waals surface area contributed by atoms with E-state index in [0.717, 1.165) is 30.1 Å². The van der Waals surface area contributed by atoms with E-state index in [0.29, 0.717) is 23.6 Å². The van der Waals surface area contributed by atoms with Gasteiger partial charge in [-0.3, -0.25) is 4.57 Å². The van der Waals surface area contributed by atoms with Crippen LogP contribution in [0.1, 0.15) is 10.4 Å². The predicted octanol–water partition coefficient (Wildman–Crippen LogP) is 3.13. The maximum atomic E-state index is 12.7. The van der Waals surface area contributed by atoms with Gasteiger partial charge in [0.15, 0.2) is 4.80 Å². The standard InChI is InChI=1S/C17H19F3N4OS/c1-12-11-24(14-5-3-13(4-6-14)17(18,19)20)16(26-12)21-15(25)23-9-7-22(2)8-10-23/h3-6,11H,7-10H2,1-2H3. The molecule has 1 aliphatic rings. The summed E-state index contributed by atoms with van der Waals surface area (Å²) in [6.45, 7) is 4.69. The lowest BCUT2D eigenvalue weighted by atomic mass is 10.2. The summed E-state index contributed by atoms with van der Waals surface area (Å²) in [4.78, 5) is 21.8. The number of alkyl halides is 3. The van der Waals surface area contributed by atoms with Gasteiger partial charge in [0.05, 0.1) is 5.56 Å². The second kappa shape index (κ2) is 7.24. The van der Waals surface area contributed by atoms with Gasteiger partial charge < -0.3 is 9.80 Å². The van der Waals surface area contributed by atoms with E-state index in [1.807, 2.05) is 14.0 Å². The molecule has 9 heteroatoms. The largest absolute Gasteiger partial charge is 0.416 e. The van der Waals surface area contributed by atoms with Crippen molar-refractivity contribution in [2.24, 2.45) is 4.99 Å². The maximum absolute atomic E-state index is 12.7. The Hall–Kier alpha value is -2.13. The predicted molar refractivity (Wildman–Crippen MR) is 93.4 cm³/mol. The van der Waals surface area contributed by atoms with E-state index in [1.165, 1.54) is 23.5 Å². The van der Waals surface area contributed by atoms with E-state index in [2.05, 4.69) is 9.89 Å². The van der Waals surface area contributed by atoms with Gasteiger partial charge in [0.1, 0.15) is 0 Å². The first-order chi connectivity index (χ1) is 12.2. The van der Waals surface area contributed by atoms with Crippen LogP contribution in [0.15, 0.2) is 35.5 Å². The summed E-state index contributed by atoms with van der Waals surface area (Å²) in [6.07, 6.45) is -2.61. The van der Waals surface area contributed by atoms with E-state index in [1.54, 1.807) is 15.7 Å². The topological polar surface area (TPSA) is 40.8 Å². The molecule has 0 unspecified atom stereocenters. The highest BCUT2D eigenvalue weighted by molar-refractivity contribution is 7.09. The number of nitrogens with zero attached hydrogens (tertiary/aromatic N) is 4. The lowest BCUT2D eigenvalue weighted by molar-refractivity contribution is -0.137. The molecule has 1 fully saturated rings. The molecule has 0 aliphatic carbocycles. The Kier molecular flexibility index (Phi) is 5.19. The Morgan fingerprint density at radius 3 is 2.31 bits per heavy atom. The molecule has 5 nitrogen and oxygen atoms in total. The average molecular weight is 384 g/mol. The molecule has 1 aliphatic heterocycles. The molecular formula is C17H19F3N4OS. The fourth-order valence-electron chi connectivity index (χ4n) is 2.68. The van der Waals surface area contributed by atoms with Crippen molar-refractivity contribution in [1.82, 2.24) is 14.4 Å². The van der Waals surface area contributed by atoms with Crippen molar-refractivity contribution in [2.45, 2.75) is 13.1 Å². The van der Waals surface area contributed by atoms with Crippen LogP contribution in [0.4, 0.5) is 18.0 Å². The lowest BCUT2D eigenvalue weighted by Gasteiger charge is -2.30. The molecule has 0 bridgehead atoms. The number of hydrogen-bond acceptors (Lipinski definition) is 3. The third-order valence-electron chi connectivity index (χ3n) is 4.21. The summed E-state index contributed by atoms with van der Waals surface area (Å²) < 4.78 is 39.8. The van der Waals surface area contributed by atoms with Gasteiger partial charge in [-0.2, -0.15) is 18.2 Å². The number of thiazole rings is 1. The van der Waals surface area contributed by atoms with Crippen LogP contribution in [0.2, 0.25) is 0 Å². The van der Waals surface area contributed by atoms with Crippen molar-refractivity contribution in [3.63, 3.8) is 0 Å². The number of amides is 2. The van der Waals surface area contributed by atoms with Gasteiger partial charge in [0, 0.05) is 42.9 Å². The van der Waals surface area contributed by atoms with Gasteiger partial charge >= 0.3 is 12.2 Å². The van der Waals surface area contributed by atoms with Crippen LogP contribution in [0.5, 0.6) is 0 Å². The number of carbonyl (C=O) groups excluding carboxylic acids is 1. The van der Waals surface area contributed by atoms with Crippen LogP contribution >= 0.6 is 11.3 Å². The molecule has 0 atom stereocenters. The number of aromatic nitrogens is 1. The van der Waals surface area contributed by atoms with Gasteiger partial charge in [-0.15, -0.1) is 11.3 Å². The van der Waals surface area contributed by atoms with E-state index < -0.39 is 11.7 Å². The first-order valence-electron chi connectivity index (χ1n) is 8.13. The Morgan fingerprint density at radius 1 is 1.12 bits per heavy atom. The zero-order valence-corrected chi connectivity index (χ0v) is 15.3. The molecule has 0 radical (unpaired) electrons. The number of hydrogen-bond donors (Lipinski definition) is 0. The Bertz CT molecular complexity index is 846. The number of carbonyl (C=O) groups is 1. The number of likely N-dealkylation sites (N-methyl/N-ethyl adjacent to an activating group) is 1. The SMILES string of the molecule is Cc1cn(-c2ccc(C(F)(F)F)cc2)c(=NC(=O)N2CCN(C)CC2)s1. The molecule has 2 amide bonds. The minimum atomic E-state index is -4.38. The van der Waals surface area contributed by atoms with Crippen LogP contribution in [0.25, 0.3) is 5.69 Å². The number of benzene rings is 1. The van der Waals surface area contributed by atoms with Crippen LogP contribution in [-0.2, 0) is 6.18 Å². The maximum Gasteiger partial charge on any atom is 0.416 e. The summed E-state index contributed by atoms with van der Waals surface area (Å²) in [7, 11) is 2.00. The highest BCUT2D eigenvalue weighted by Crippen LogP contribution is 2.29. The molecule has 1 aromatic heterocycles. The highest BCUT2D eigenvalue weighted by atomic mass is 32.1. The van der Waals surface area contributed by atoms with Crippen molar-refractivity contribution in [1.29, 1.82) is 0 Å². The molecule has 0 saturated carbocycles. The molecule has 0 N–H and O–H groups in total. The summed E-state index contributed by atoms with van der Waals surface area (Å²) in [5, 5.41) is 0. The molecule has 26 heavy (non-hydrogen) atoms. The van der Waals surface area contributed by atoms with E-state index in [-0.39, 0.29) is 6.03 Å². The summed E-state index contributed by atoms with van der Waals surface area (Å²) in [5.74, 6) is 0. The third kappa shape index (κ3) is 4.16. The minimum absolute atomic E-state index is 0.319. The lowest BCUT2D eigenvalue weighted by Crippen LogP contribution is -2.46. The Morgan fingerprint density at radius 2 is 1.73 bits per heavy atom. The first kappa shape index (κ1) is 18.7. The number of urea groups is 1. The summed E-state index contributed by atoms with van der Waals surface area (Å²) >= 11 is 1.33. The van der Waals surface area contributed by atoms with Crippen molar-refractivity contribution < 1.29 is 18.0 Å². The van der Waals surface area contributed by atoms with Crippen LogP contribution in [0, 0.1) is 6.92 Å². The van der Waals surface area contributed by atoms with Crippen molar-refractivity contribution in [3.8, 4) is 5.69 Å². The molecule has 1 saturated heterocycles. The average Bonchev–Trinajstić information content (AvgIpc) is 2.95. The minimum Gasteiger partial charge on any atom is -0.320 e. The smallest absolute Gasteiger partial charge is 0.320 e. The molecule has 2 aromatic rings. The van der Waals surface area contributed by atoms with Crippen molar-refractivity contribution in [3.05, 3.63) is 45.7 Å². The van der Waals surface area contributed by atoms with Crippen LogP contribution < -0.4 is 4.80 Å². The van der Waals surface area contributed by atoms with Crippen molar-refractivity contribution in [2.75, 3.05) is 33.2 Å². The monoisotopic (exact) mass is 384 g/mol. The number of aryl methyl sites for hydroxylation is 1.